The van der Waals surface area contributed by atoms with Crippen LogP contribution in [-0.4, -0.2) is 91.2 Å². The van der Waals surface area contributed by atoms with Gasteiger partial charge in [0.2, 0.25) is 0 Å². The number of aliphatic carboxylic acids is 1. The monoisotopic (exact) mass is 699 g/mol. The van der Waals surface area contributed by atoms with Gasteiger partial charge in [0, 0.05) is 30.4 Å². The van der Waals surface area contributed by atoms with E-state index in [9.17, 15) is 45.0 Å². The molecule has 13 heteroatoms. The summed E-state index contributed by atoms with van der Waals surface area (Å²) in [7, 11) is 1.62. The number of phenolic OH excluding ortho intramolecular Hbond substituents is 4. The number of benzene rings is 3. The Morgan fingerprint density at radius 2 is 1.49 bits per heavy atom. The van der Waals surface area contributed by atoms with E-state index in [1.807, 2.05) is 0 Å². The average Bonchev–Trinajstić information content (AvgIpc) is 3.11. The van der Waals surface area contributed by atoms with E-state index in [1.165, 1.54) is 48.6 Å². The molecule has 2 fully saturated rings. The first-order valence-corrected chi connectivity index (χ1v) is 16.2. The van der Waals surface area contributed by atoms with Crippen LogP contribution in [0, 0.1) is 11.8 Å². The van der Waals surface area contributed by atoms with Gasteiger partial charge in [-0.2, -0.15) is 0 Å². The molecule has 266 valence electrons. The van der Waals surface area contributed by atoms with E-state index in [-0.39, 0.29) is 24.5 Å². The molecule has 1 saturated carbocycles. The maximum Gasteiger partial charge on any atom is 0.336 e. The van der Waals surface area contributed by atoms with Crippen molar-refractivity contribution in [1.82, 2.24) is 5.32 Å². The molecule has 2 aliphatic carbocycles. The van der Waals surface area contributed by atoms with Gasteiger partial charge in [-0.15, -0.1) is 0 Å². The summed E-state index contributed by atoms with van der Waals surface area (Å²) in [6.45, 7) is 0.0773. The number of fused-ring (bicyclic) bond motifs is 1. The van der Waals surface area contributed by atoms with Crippen molar-refractivity contribution in [3.8, 4) is 23.0 Å². The Labute approximate surface area is 292 Å². The molecule has 3 aromatic carbocycles. The number of nitrogens with one attached hydrogen (secondary N) is 1. The predicted octanol–water partition coefficient (Wildman–Crippen LogP) is 3.05. The summed E-state index contributed by atoms with van der Waals surface area (Å²) in [5.41, 5.74) is -5.02. The fourth-order valence-corrected chi connectivity index (χ4v) is 7.57. The third-order valence-electron chi connectivity index (χ3n) is 9.95. The lowest BCUT2D eigenvalue weighted by Crippen LogP contribution is -2.85. The van der Waals surface area contributed by atoms with E-state index in [0.29, 0.717) is 16.7 Å². The summed E-state index contributed by atoms with van der Waals surface area (Å²) in [6, 6.07) is 15.7. The maximum absolute atomic E-state index is 13.9. The third-order valence-corrected chi connectivity index (χ3v) is 9.95. The lowest BCUT2D eigenvalue weighted by Gasteiger charge is -2.66. The number of ether oxygens (including phenoxy) is 3. The summed E-state index contributed by atoms with van der Waals surface area (Å²) in [4.78, 5) is 40.7. The quantitative estimate of drug-likeness (QED) is 0.0703. The first kappa shape index (κ1) is 35.2. The van der Waals surface area contributed by atoms with Crippen LogP contribution in [0.15, 0.2) is 91.0 Å². The van der Waals surface area contributed by atoms with Gasteiger partial charge in [0.05, 0.1) is 12.6 Å². The Morgan fingerprint density at radius 3 is 2.02 bits per heavy atom. The van der Waals surface area contributed by atoms with Gasteiger partial charge in [-0.1, -0.05) is 54.6 Å². The molecule has 2 aliphatic heterocycles. The minimum atomic E-state index is -2.56. The zero-order valence-electron chi connectivity index (χ0n) is 27.4. The van der Waals surface area contributed by atoms with E-state index in [0.717, 1.165) is 12.2 Å². The molecule has 7 unspecified atom stereocenters. The molecule has 3 aromatic rings. The van der Waals surface area contributed by atoms with Crippen molar-refractivity contribution in [1.29, 1.82) is 0 Å². The zero-order valence-corrected chi connectivity index (χ0v) is 27.4. The number of carbonyl (C=O) groups excluding carboxylic acids is 2. The van der Waals surface area contributed by atoms with Crippen LogP contribution >= 0.6 is 0 Å². The van der Waals surface area contributed by atoms with Crippen LogP contribution in [0.1, 0.15) is 23.1 Å². The van der Waals surface area contributed by atoms with Gasteiger partial charge in [0.25, 0.3) is 0 Å². The fourth-order valence-electron chi connectivity index (χ4n) is 7.57. The van der Waals surface area contributed by atoms with Crippen LogP contribution in [0.25, 0.3) is 12.2 Å². The van der Waals surface area contributed by atoms with Gasteiger partial charge < -0.3 is 50.2 Å². The van der Waals surface area contributed by atoms with Crippen LogP contribution in [0.2, 0.25) is 0 Å². The number of hydrogen-bond donors (Lipinski definition) is 7. The van der Waals surface area contributed by atoms with Crippen molar-refractivity contribution in [3.05, 3.63) is 108 Å². The molecular weight excluding hydrogens is 662 g/mol. The van der Waals surface area contributed by atoms with Gasteiger partial charge in [-0.3, -0.25) is 0 Å². The highest BCUT2D eigenvalue weighted by Crippen LogP contribution is 2.59. The van der Waals surface area contributed by atoms with Gasteiger partial charge in [-0.05, 0) is 66.6 Å². The van der Waals surface area contributed by atoms with Gasteiger partial charge in [0.1, 0.15) is 5.60 Å². The van der Waals surface area contributed by atoms with Gasteiger partial charge in [-0.25, -0.2) is 14.4 Å². The van der Waals surface area contributed by atoms with Crippen LogP contribution in [0.3, 0.4) is 0 Å². The van der Waals surface area contributed by atoms with Crippen molar-refractivity contribution in [2.24, 2.45) is 11.8 Å². The molecule has 1 spiro atoms. The van der Waals surface area contributed by atoms with Crippen LogP contribution in [-0.2, 0) is 35.0 Å². The van der Waals surface area contributed by atoms with Crippen molar-refractivity contribution < 1.29 is 59.2 Å². The topological polar surface area (TPSA) is 212 Å². The highest BCUT2D eigenvalue weighted by Gasteiger charge is 2.78. The molecule has 0 aromatic heterocycles. The zero-order chi connectivity index (χ0) is 36.6. The number of hydrogen-bond acceptors (Lipinski definition) is 12. The summed E-state index contributed by atoms with van der Waals surface area (Å²) in [5, 5.41) is 65.3. The molecule has 0 amide bonds. The van der Waals surface area contributed by atoms with E-state index < -0.39 is 76.6 Å². The van der Waals surface area contributed by atoms with Crippen LogP contribution < -0.4 is 5.32 Å². The highest BCUT2D eigenvalue weighted by atomic mass is 16.6. The van der Waals surface area contributed by atoms with Crippen molar-refractivity contribution in [2.75, 3.05) is 13.7 Å². The Bertz CT molecular complexity index is 1920. The van der Waals surface area contributed by atoms with Crippen molar-refractivity contribution in [3.63, 3.8) is 0 Å². The molecule has 4 aliphatic rings. The average molecular weight is 700 g/mol. The molecule has 51 heavy (non-hydrogen) atoms. The van der Waals surface area contributed by atoms with Gasteiger partial charge in [0.15, 0.2) is 40.3 Å². The highest BCUT2D eigenvalue weighted by molar-refractivity contribution is 5.89. The smallest absolute Gasteiger partial charge is 0.336 e. The molecule has 7 N–H and O–H groups in total. The number of carboxylic acid groups (broad SMARTS) is 1. The normalized spacial score (nSPS) is 29.5. The number of phenols is 4. The van der Waals surface area contributed by atoms with Crippen molar-refractivity contribution >= 4 is 30.1 Å². The van der Waals surface area contributed by atoms with Crippen molar-refractivity contribution in [2.45, 2.75) is 41.8 Å². The maximum atomic E-state index is 13.9. The van der Waals surface area contributed by atoms with E-state index >= 15 is 0 Å². The molecule has 2 bridgehead atoms. The van der Waals surface area contributed by atoms with Crippen LogP contribution in [0.4, 0.5) is 0 Å². The fraction of sp³-hybridized carbons (Fsp3) is 0.289. The second-order valence-electron chi connectivity index (χ2n) is 12.9. The van der Waals surface area contributed by atoms with Gasteiger partial charge >= 0.3 is 17.9 Å². The van der Waals surface area contributed by atoms with E-state index in [4.69, 9.17) is 14.2 Å². The van der Waals surface area contributed by atoms with E-state index in [1.54, 1.807) is 49.5 Å². The second kappa shape index (κ2) is 13.6. The molecule has 7 rings (SSSR count). The molecule has 0 radical (unpaired) electrons. The van der Waals surface area contributed by atoms with Crippen LogP contribution in [0.5, 0.6) is 23.0 Å². The Kier molecular flexibility index (Phi) is 9.38. The Balaban J connectivity index is 1.49. The standard InChI is InChI=1S/C38H37NO12/c1-39-33-25-15-16-36(49-20-25)21-37(48,35(46)47)26(17-22-5-3-2-4-6-22)34(50-31(44)13-9-23-7-11-27(40)29(42)18-23)38(33,36)51-32(45)14-10-24-8-12-28(41)30(43)19-24/h2-16,18-19,25-26,33-34,39-43,48H,17,20-21H2,1H3,(H,46,47). The minimum absolute atomic E-state index is 0.0773. The predicted molar refractivity (Wildman–Crippen MR) is 181 cm³/mol. The lowest BCUT2D eigenvalue weighted by atomic mass is 9.51. The summed E-state index contributed by atoms with van der Waals surface area (Å²) >= 11 is 0. The largest absolute Gasteiger partial charge is 0.504 e. The SMILES string of the molecule is CNC1C2C=CC3(CC(O)(C(=O)O)C(Cc4ccccc4)C(OC(=O)C=Cc4ccc(O)c(O)c4)C13OC(=O)C=Cc1ccc(O)c(O)c1)OC2. The Morgan fingerprint density at radius 1 is 0.882 bits per heavy atom. The minimum Gasteiger partial charge on any atom is -0.504 e. The second-order valence-corrected chi connectivity index (χ2v) is 12.9. The summed E-state index contributed by atoms with van der Waals surface area (Å²) in [5.74, 6) is -6.88. The number of aliphatic hydroxyl groups is 1. The first-order chi connectivity index (χ1) is 24.3. The molecule has 13 nitrogen and oxygen atoms in total. The number of likely N-dealkylation sites (N-methyl/N-ethyl adjacent to an activating group) is 1. The molecule has 2 heterocycles. The number of carbonyl (C=O) groups is 3. The summed E-state index contributed by atoms with van der Waals surface area (Å²) < 4.78 is 18.9. The summed E-state index contributed by atoms with van der Waals surface area (Å²) in [6.07, 6.45) is 5.80. The Hall–Kier alpha value is -5.63. The molecular formula is C38H37NO12. The molecule has 1 saturated heterocycles. The first-order valence-electron chi connectivity index (χ1n) is 16.2. The number of aromatic hydroxyl groups is 4. The molecule has 7 atom stereocenters. The number of carboxylic acids is 1. The third kappa shape index (κ3) is 6.31. The lowest BCUT2D eigenvalue weighted by molar-refractivity contribution is -0.321. The number of rotatable bonds is 10. The van der Waals surface area contributed by atoms with E-state index in [2.05, 4.69) is 5.32 Å². The number of esters is 2.